The molecule has 0 spiro atoms. The van der Waals surface area contributed by atoms with Crippen LogP contribution in [0.3, 0.4) is 0 Å². The second kappa shape index (κ2) is 11.1. The van der Waals surface area contributed by atoms with Crippen LogP contribution in [0.2, 0.25) is 0 Å². The number of aromatic nitrogens is 4. The van der Waals surface area contributed by atoms with E-state index >= 15 is 0 Å². The highest BCUT2D eigenvalue weighted by atomic mass is 14.8. The van der Waals surface area contributed by atoms with E-state index in [2.05, 4.69) is 89.6 Å². The molecule has 5 nitrogen and oxygen atoms in total. The number of H-pyrrole nitrogens is 2. The number of fused-ring (bicyclic) bond motifs is 8. The van der Waals surface area contributed by atoms with Gasteiger partial charge in [0.05, 0.1) is 11.4 Å². The molecule has 0 aromatic carbocycles. The molecule has 3 aromatic rings. The van der Waals surface area contributed by atoms with Crippen LogP contribution in [0.1, 0.15) is 97.6 Å². The molecule has 0 fully saturated rings. The third-order valence-electron chi connectivity index (χ3n) is 7.84. The summed E-state index contributed by atoms with van der Waals surface area (Å²) in [5.41, 5.74) is 21.9. The van der Waals surface area contributed by atoms with Crippen molar-refractivity contribution in [2.24, 2.45) is 5.73 Å². The summed E-state index contributed by atoms with van der Waals surface area (Å²) >= 11 is 0. The number of hydrogen-bond donors (Lipinski definition) is 3. The molecule has 196 valence electrons. The van der Waals surface area contributed by atoms with Crippen LogP contribution in [0.15, 0.2) is 18.2 Å². The molecule has 2 aliphatic heterocycles. The van der Waals surface area contributed by atoms with E-state index in [0.29, 0.717) is 5.92 Å². The zero-order chi connectivity index (χ0) is 26.9. The highest BCUT2D eigenvalue weighted by molar-refractivity contribution is 5.85. The van der Waals surface area contributed by atoms with Gasteiger partial charge >= 0.3 is 0 Å². The number of hydrogen-bond acceptors (Lipinski definition) is 3. The lowest BCUT2D eigenvalue weighted by molar-refractivity contribution is 0.793. The van der Waals surface area contributed by atoms with Gasteiger partial charge in [0.15, 0.2) is 0 Å². The molecule has 5 rings (SSSR count). The third-order valence-corrected chi connectivity index (χ3v) is 7.84. The summed E-state index contributed by atoms with van der Waals surface area (Å²) in [5, 5.41) is 0. The summed E-state index contributed by atoms with van der Waals surface area (Å²) in [6, 6.07) is 6.76. The standard InChI is InChI=1S/C29H34N4.C3H9N/c1-8-20-18(6)27-14-29-21(9-2)17(5)26(32-29)12-22-15(3)10-24(30-22)19(7)25-11-16(4)23(31-25)13-28(20)33-27;1-2-3-4/h11-15,32-33H,8-10H2,1-7H3;2-4H2,1H3. The lowest BCUT2D eigenvalue weighted by Crippen LogP contribution is -1.93. The first kappa shape index (κ1) is 26.9. The molecule has 37 heavy (non-hydrogen) atoms. The second-order valence-corrected chi connectivity index (χ2v) is 10.5. The fourth-order valence-electron chi connectivity index (χ4n) is 5.37. The zero-order valence-electron chi connectivity index (χ0n) is 23.9. The molecule has 0 radical (unpaired) electrons. The Hall–Kier alpha value is -3.18. The quantitative estimate of drug-likeness (QED) is 0.348. The molecule has 5 heterocycles. The lowest BCUT2D eigenvalue weighted by Gasteiger charge is -2.00. The van der Waals surface area contributed by atoms with Crippen LogP contribution in [0.4, 0.5) is 0 Å². The molecule has 4 N–H and O–H groups in total. The Morgan fingerprint density at radius 2 is 1.38 bits per heavy atom. The first-order valence-corrected chi connectivity index (χ1v) is 13.8. The molecule has 1 atom stereocenters. The first-order valence-electron chi connectivity index (χ1n) is 13.8. The van der Waals surface area contributed by atoms with Gasteiger partial charge in [-0.1, -0.05) is 27.7 Å². The molecule has 5 heteroatoms. The van der Waals surface area contributed by atoms with Crippen molar-refractivity contribution in [3.05, 3.63) is 68.8 Å². The van der Waals surface area contributed by atoms with E-state index in [-0.39, 0.29) is 0 Å². The Morgan fingerprint density at radius 3 is 1.95 bits per heavy atom. The van der Waals surface area contributed by atoms with Gasteiger partial charge in [-0.2, -0.15) is 0 Å². The molecular weight excluding hydrogens is 454 g/mol. The maximum absolute atomic E-state index is 5.08. The van der Waals surface area contributed by atoms with E-state index in [1.165, 1.54) is 49.9 Å². The third kappa shape index (κ3) is 5.15. The predicted octanol–water partition coefficient (Wildman–Crippen LogP) is 7.63. The Kier molecular flexibility index (Phi) is 8.03. The monoisotopic (exact) mass is 497 g/mol. The van der Waals surface area contributed by atoms with Gasteiger partial charge in [-0.25, -0.2) is 4.98 Å². The van der Waals surface area contributed by atoms with Gasteiger partial charge in [0.25, 0.3) is 0 Å². The number of aryl methyl sites for hydroxylation is 4. The van der Waals surface area contributed by atoms with E-state index in [0.717, 1.165) is 60.5 Å². The van der Waals surface area contributed by atoms with Crippen LogP contribution < -0.4 is 5.73 Å². The van der Waals surface area contributed by atoms with Gasteiger partial charge in [0, 0.05) is 39.4 Å². The van der Waals surface area contributed by atoms with Crippen molar-refractivity contribution in [2.45, 2.75) is 87.0 Å². The van der Waals surface area contributed by atoms with Crippen LogP contribution in [-0.2, 0) is 19.3 Å². The summed E-state index contributed by atoms with van der Waals surface area (Å²) in [6.45, 7) is 18.4. The molecule has 0 saturated carbocycles. The van der Waals surface area contributed by atoms with E-state index in [1.807, 2.05) is 0 Å². The first-order chi connectivity index (χ1) is 17.7. The van der Waals surface area contributed by atoms with Crippen LogP contribution in [0.5, 0.6) is 0 Å². The lowest BCUT2D eigenvalue weighted by atomic mass is 10.0. The van der Waals surface area contributed by atoms with Crippen molar-refractivity contribution < 1.29 is 0 Å². The van der Waals surface area contributed by atoms with E-state index in [4.69, 9.17) is 15.7 Å². The number of allylic oxidation sites excluding steroid dienone is 1. The molecule has 2 aliphatic rings. The van der Waals surface area contributed by atoms with Gasteiger partial charge < -0.3 is 15.7 Å². The minimum absolute atomic E-state index is 0.396. The van der Waals surface area contributed by atoms with Crippen molar-refractivity contribution in [3.8, 4) is 0 Å². The Labute approximate surface area is 221 Å². The molecule has 8 bridgehead atoms. The van der Waals surface area contributed by atoms with Crippen LogP contribution >= 0.6 is 0 Å². The largest absolute Gasteiger partial charge is 0.355 e. The summed E-state index contributed by atoms with van der Waals surface area (Å²) in [6.07, 6.45) is 6.24. The van der Waals surface area contributed by atoms with Gasteiger partial charge in [0.2, 0.25) is 0 Å². The SMILES string of the molecule is CCCN.CCc1c(C)c2cc3[nH]c(cc4nc(c(C)c5nc(cc1[nH]2)C(C)=C5)CC4C)c(C)c3CC. The number of nitrogens with two attached hydrogens (primary N) is 1. The second-order valence-electron chi connectivity index (χ2n) is 10.5. The normalized spacial score (nSPS) is 14.8. The molecule has 0 aliphatic carbocycles. The minimum Gasteiger partial charge on any atom is -0.355 e. The minimum atomic E-state index is 0.396. The van der Waals surface area contributed by atoms with E-state index in [1.54, 1.807) is 0 Å². The highest BCUT2D eigenvalue weighted by Gasteiger charge is 2.20. The Morgan fingerprint density at radius 1 is 0.811 bits per heavy atom. The van der Waals surface area contributed by atoms with Gasteiger partial charge in [-0.05, 0) is 118 Å². The predicted molar refractivity (Wildman–Crippen MR) is 159 cm³/mol. The van der Waals surface area contributed by atoms with Gasteiger partial charge in [-0.15, -0.1) is 0 Å². The zero-order valence-corrected chi connectivity index (χ0v) is 23.9. The Bertz CT molecular complexity index is 1500. The molecular formula is C32H43N5. The van der Waals surface area contributed by atoms with Crippen molar-refractivity contribution in [2.75, 3.05) is 6.54 Å². The molecule has 0 amide bonds. The fourth-order valence-corrected chi connectivity index (χ4v) is 5.37. The van der Waals surface area contributed by atoms with E-state index in [9.17, 15) is 0 Å². The number of nitrogens with zero attached hydrogens (tertiary/aromatic N) is 2. The highest BCUT2D eigenvalue weighted by Crippen LogP contribution is 2.31. The number of nitrogens with one attached hydrogen (secondary N) is 2. The topological polar surface area (TPSA) is 83.4 Å². The van der Waals surface area contributed by atoms with E-state index < -0.39 is 0 Å². The van der Waals surface area contributed by atoms with Crippen molar-refractivity contribution in [1.82, 2.24) is 19.9 Å². The summed E-state index contributed by atoms with van der Waals surface area (Å²) < 4.78 is 0. The van der Waals surface area contributed by atoms with Crippen molar-refractivity contribution >= 4 is 33.7 Å². The van der Waals surface area contributed by atoms with Gasteiger partial charge in [0.1, 0.15) is 0 Å². The maximum Gasteiger partial charge on any atom is 0.0687 e. The fraction of sp³-hybridized carbons (Fsp3) is 0.438. The van der Waals surface area contributed by atoms with Crippen molar-refractivity contribution in [3.63, 3.8) is 0 Å². The molecule has 3 aromatic heterocycles. The van der Waals surface area contributed by atoms with Crippen LogP contribution in [0, 0.1) is 20.8 Å². The Balaban J connectivity index is 0.000000747. The number of rotatable bonds is 3. The average Bonchev–Trinajstić information content (AvgIpc) is 3.59. The average molecular weight is 498 g/mol. The molecule has 0 saturated heterocycles. The molecule has 1 unspecified atom stereocenters. The van der Waals surface area contributed by atoms with Crippen LogP contribution in [-0.4, -0.2) is 26.5 Å². The van der Waals surface area contributed by atoms with Crippen LogP contribution in [0.25, 0.3) is 33.7 Å². The van der Waals surface area contributed by atoms with Crippen molar-refractivity contribution in [1.29, 1.82) is 0 Å². The summed E-state index contributed by atoms with van der Waals surface area (Å²) in [5.74, 6) is 0.396. The van der Waals surface area contributed by atoms with Gasteiger partial charge in [-0.3, -0.25) is 4.98 Å². The number of aromatic amines is 2. The summed E-state index contributed by atoms with van der Waals surface area (Å²) in [4.78, 5) is 17.5. The summed E-state index contributed by atoms with van der Waals surface area (Å²) in [7, 11) is 0. The maximum atomic E-state index is 5.08. The smallest absolute Gasteiger partial charge is 0.0687 e.